The molecule has 92 valence electrons. The number of anilines is 1. The van der Waals surface area contributed by atoms with Crippen LogP contribution in [-0.2, 0) is 14.3 Å². The Morgan fingerprint density at radius 1 is 1.65 bits per heavy atom. The van der Waals surface area contributed by atoms with Crippen LogP contribution in [0.25, 0.3) is 0 Å². The number of aryl methyl sites for hydroxylation is 1. The second-order valence-electron chi connectivity index (χ2n) is 3.77. The lowest BCUT2D eigenvalue weighted by atomic mass is 10.2. The minimum absolute atomic E-state index is 0.305. The molecule has 0 radical (unpaired) electrons. The van der Waals surface area contributed by atoms with Crippen LogP contribution in [0.2, 0.25) is 0 Å². The number of methoxy groups -OCH3 is 1. The summed E-state index contributed by atoms with van der Waals surface area (Å²) in [4.78, 5) is 21.9. The maximum absolute atomic E-state index is 11.6. The molecule has 6 heteroatoms. The zero-order valence-electron chi connectivity index (χ0n) is 9.92. The molecule has 0 spiro atoms. The predicted molar refractivity (Wildman–Crippen MR) is 60.7 cm³/mol. The summed E-state index contributed by atoms with van der Waals surface area (Å²) >= 11 is 0. The van der Waals surface area contributed by atoms with Gasteiger partial charge < -0.3 is 14.4 Å². The lowest BCUT2D eigenvalue weighted by Crippen LogP contribution is -2.51. The van der Waals surface area contributed by atoms with E-state index >= 15 is 0 Å². The zero-order chi connectivity index (χ0) is 12.3. The Hall–Kier alpha value is -1.69. The van der Waals surface area contributed by atoms with Crippen molar-refractivity contribution in [3.05, 3.63) is 18.1 Å². The highest BCUT2D eigenvalue weighted by atomic mass is 16.5. The van der Waals surface area contributed by atoms with Gasteiger partial charge >= 0.3 is 5.97 Å². The van der Waals surface area contributed by atoms with E-state index < -0.39 is 6.04 Å². The number of carbonyl (C=O) groups is 1. The topological polar surface area (TPSA) is 64.6 Å². The highest BCUT2D eigenvalue weighted by Crippen LogP contribution is 2.17. The average Bonchev–Trinajstić information content (AvgIpc) is 2.38. The molecule has 0 saturated carbocycles. The van der Waals surface area contributed by atoms with E-state index in [4.69, 9.17) is 9.47 Å². The normalized spacial score (nSPS) is 20.1. The van der Waals surface area contributed by atoms with Gasteiger partial charge in [0, 0.05) is 12.7 Å². The minimum atomic E-state index is -0.428. The first-order valence-electron chi connectivity index (χ1n) is 5.44. The number of carbonyl (C=O) groups excluding carboxylic acids is 1. The van der Waals surface area contributed by atoms with E-state index in [1.807, 2.05) is 11.8 Å². The van der Waals surface area contributed by atoms with Gasteiger partial charge in [-0.3, -0.25) is 0 Å². The highest BCUT2D eigenvalue weighted by Gasteiger charge is 2.31. The quantitative estimate of drug-likeness (QED) is 0.683. The Kier molecular flexibility index (Phi) is 3.53. The largest absolute Gasteiger partial charge is 0.467 e. The highest BCUT2D eigenvalue weighted by molar-refractivity contribution is 5.80. The van der Waals surface area contributed by atoms with Gasteiger partial charge in [-0.1, -0.05) is 0 Å². The number of rotatable bonds is 2. The molecular weight excluding hydrogens is 222 g/mol. The molecule has 0 aromatic carbocycles. The molecule has 1 aromatic heterocycles. The summed E-state index contributed by atoms with van der Waals surface area (Å²) in [6.45, 7) is 3.35. The first-order chi connectivity index (χ1) is 8.22. The first-order valence-corrected chi connectivity index (χ1v) is 5.44. The van der Waals surface area contributed by atoms with Gasteiger partial charge in [-0.05, 0) is 13.0 Å². The summed E-state index contributed by atoms with van der Waals surface area (Å²) < 4.78 is 10.1. The lowest BCUT2D eigenvalue weighted by molar-refractivity contribution is -0.144. The number of esters is 1. The smallest absolute Gasteiger partial charge is 0.330 e. The van der Waals surface area contributed by atoms with E-state index in [-0.39, 0.29) is 5.97 Å². The van der Waals surface area contributed by atoms with Crippen LogP contribution in [0, 0.1) is 6.92 Å². The molecular formula is C11H15N3O3. The molecule has 0 aliphatic carbocycles. The SMILES string of the molecule is COC(=O)C1COCCN1c1ccnc(C)n1. The van der Waals surface area contributed by atoms with E-state index in [1.165, 1.54) is 7.11 Å². The van der Waals surface area contributed by atoms with Crippen molar-refractivity contribution in [3.63, 3.8) is 0 Å². The van der Waals surface area contributed by atoms with Crippen molar-refractivity contribution in [2.24, 2.45) is 0 Å². The van der Waals surface area contributed by atoms with Crippen LogP contribution < -0.4 is 4.90 Å². The van der Waals surface area contributed by atoms with Crippen LogP contribution in [0.4, 0.5) is 5.82 Å². The van der Waals surface area contributed by atoms with E-state index in [2.05, 4.69) is 9.97 Å². The van der Waals surface area contributed by atoms with Gasteiger partial charge in [-0.25, -0.2) is 14.8 Å². The van der Waals surface area contributed by atoms with Crippen molar-refractivity contribution in [1.29, 1.82) is 0 Å². The van der Waals surface area contributed by atoms with Crippen molar-refractivity contribution in [2.45, 2.75) is 13.0 Å². The van der Waals surface area contributed by atoms with Gasteiger partial charge in [-0.2, -0.15) is 0 Å². The van der Waals surface area contributed by atoms with Crippen molar-refractivity contribution >= 4 is 11.8 Å². The van der Waals surface area contributed by atoms with E-state index in [9.17, 15) is 4.79 Å². The fraction of sp³-hybridized carbons (Fsp3) is 0.545. The molecule has 0 amide bonds. The van der Waals surface area contributed by atoms with Gasteiger partial charge in [-0.15, -0.1) is 0 Å². The van der Waals surface area contributed by atoms with Crippen LogP contribution in [0.3, 0.4) is 0 Å². The number of hydrogen-bond donors (Lipinski definition) is 0. The second-order valence-corrected chi connectivity index (χ2v) is 3.77. The Balaban J connectivity index is 2.24. The summed E-state index contributed by atoms with van der Waals surface area (Å²) in [5.74, 6) is 1.11. The molecule has 17 heavy (non-hydrogen) atoms. The summed E-state index contributed by atoms with van der Waals surface area (Å²) in [7, 11) is 1.38. The molecule has 0 N–H and O–H groups in total. The van der Waals surface area contributed by atoms with Gasteiger partial charge in [0.15, 0.2) is 6.04 Å². The minimum Gasteiger partial charge on any atom is -0.467 e. The van der Waals surface area contributed by atoms with Gasteiger partial charge in [0.1, 0.15) is 11.6 Å². The molecule has 1 aliphatic heterocycles. The zero-order valence-corrected chi connectivity index (χ0v) is 9.92. The maximum Gasteiger partial charge on any atom is 0.330 e. The number of nitrogens with zero attached hydrogens (tertiary/aromatic N) is 3. The average molecular weight is 237 g/mol. The van der Waals surface area contributed by atoms with Crippen LogP contribution in [0.15, 0.2) is 12.3 Å². The monoisotopic (exact) mass is 237 g/mol. The maximum atomic E-state index is 11.6. The number of aromatic nitrogens is 2. The molecule has 1 atom stereocenters. The molecule has 6 nitrogen and oxygen atoms in total. The van der Waals surface area contributed by atoms with Crippen molar-refractivity contribution < 1.29 is 14.3 Å². The number of hydrogen-bond acceptors (Lipinski definition) is 6. The van der Waals surface area contributed by atoms with Gasteiger partial charge in [0.2, 0.25) is 0 Å². The summed E-state index contributed by atoms with van der Waals surface area (Å²) in [5.41, 5.74) is 0. The summed E-state index contributed by atoms with van der Waals surface area (Å²) in [5, 5.41) is 0. The fourth-order valence-electron chi connectivity index (χ4n) is 1.81. The summed E-state index contributed by atoms with van der Waals surface area (Å²) in [6, 6.07) is 1.36. The van der Waals surface area contributed by atoms with Crippen molar-refractivity contribution in [2.75, 3.05) is 31.8 Å². The van der Waals surface area contributed by atoms with Crippen molar-refractivity contribution in [3.8, 4) is 0 Å². The van der Waals surface area contributed by atoms with Crippen LogP contribution in [0.1, 0.15) is 5.82 Å². The molecule has 1 aromatic rings. The Bertz CT molecular complexity index is 411. The van der Waals surface area contributed by atoms with Crippen molar-refractivity contribution in [1.82, 2.24) is 9.97 Å². The molecule has 0 bridgehead atoms. The van der Waals surface area contributed by atoms with E-state index in [0.717, 1.165) is 5.82 Å². The van der Waals surface area contributed by atoms with Crippen LogP contribution in [0.5, 0.6) is 0 Å². The van der Waals surface area contributed by atoms with Crippen LogP contribution >= 0.6 is 0 Å². The van der Waals surface area contributed by atoms with Gasteiger partial charge in [0.05, 0.1) is 20.3 Å². The molecule has 1 saturated heterocycles. The molecule has 1 fully saturated rings. The second kappa shape index (κ2) is 5.09. The predicted octanol–water partition coefficient (Wildman–Crippen LogP) is 0.163. The third-order valence-corrected chi connectivity index (χ3v) is 2.66. The molecule has 2 heterocycles. The Labute approximate surface area is 99.6 Å². The standard InChI is InChI=1S/C11H15N3O3/c1-8-12-4-3-10(13-8)14-5-6-17-7-9(14)11(15)16-2/h3-4,9H,5-7H2,1-2H3. The number of morpholine rings is 1. The van der Waals surface area contributed by atoms with Gasteiger partial charge in [0.25, 0.3) is 0 Å². The third-order valence-electron chi connectivity index (χ3n) is 2.66. The molecule has 2 rings (SSSR count). The van der Waals surface area contributed by atoms with E-state index in [1.54, 1.807) is 12.3 Å². The summed E-state index contributed by atoms with van der Waals surface area (Å²) in [6.07, 6.45) is 1.68. The number of ether oxygens (including phenoxy) is 2. The first kappa shape index (κ1) is 11.8. The fourth-order valence-corrected chi connectivity index (χ4v) is 1.81. The lowest BCUT2D eigenvalue weighted by Gasteiger charge is -2.34. The Morgan fingerprint density at radius 3 is 3.18 bits per heavy atom. The van der Waals surface area contributed by atoms with E-state index in [0.29, 0.717) is 25.6 Å². The third kappa shape index (κ3) is 2.52. The molecule has 1 unspecified atom stereocenters. The Morgan fingerprint density at radius 2 is 2.47 bits per heavy atom. The molecule has 1 aliphatic rings. The van der Waals surface area contributed by atoms with Crippen LogP contribution in [-0.4, -0.2) is 48.8 Å².